The number of hydrogen-bond acceptors (Lipinski definition) is 4. The third-order valence-electron chi connectivity index (χ3n) is 4.14. The number of carbonyl (C=O) groups is 2. The minimum absolute atomic E-state index is 0.0334. The number of anilines is 1. The molecule has 25 heavy (non-hydrogen) atoms. The van der Waals surface area contributed by atoms with E-state index in [4.69, 9.17) is 16.9 Å². The number of rotatable bonds is 4. The highest BCUT2D eigenvalue weighted by molar-refractivity contribution is 7.10. The van der Waals surface area contributed by atoms with E-state index in [-0.39, 0.29) is 11.8 Å². The fourth-order valence-electron chi connectivity index (χ4n) is 2.92. The molecule has 0 radical (unpaired) electrons. The molecule has 1 aromatic carbocycles. The highest BCUT2D eigenvalue weighted by Crippen LogP contribution is 2.23. The first-order valence-electron chi connectivity index (χ1n) is 7.91. The van der Waals surface area contributed by atoms with E-state index in [0.717, 1.165) is 11.3 Å². The van der Waals surface area contributed by atoms with Gasteiger partial charge in [0.2, 0.25) is 11.8 Å². The molecule has 0 saturated carbocycles. The number of thiophene rings is 1. The van der Waals surface area contributed by atoms with Crippen LogP contribution in [0.3, 0.4) is 0 Å². The van der Waals surface area contributed by atoms with Gasteiger partial charge in [-0.25, -0.2) is 0 Å². The number of nitriles is 1. The summed E-state index contributed by atoms with van der Waals surface area (Å²) in [5, 5.41) is 14.1. The van der Waals surface area contributed by atoms with Crippen molar-refractivity contribution in [3.05, 3.63) is 51.2 Å². The zero-order valence-corrected chi connectivity index (χ0v) is 14.9. The van der Waals surface area contributed by atoms with Gasteiger partial charge >= 0.3 is 0 Å². The van der Waals surface area contributed by atoms with E-state index in [1.807, 2.05) is 23.6 Å². The molecule has 1 fully saturated rings. The Bertz CT molecular complexity index is 829. The smallest absolute Gasteiger partial charge is 0.247 e. The quantitative estimate of drug-likeness (QED) is 0.892. The summed E-state index contributed by atoms with van der Waals surface area (Å²) in [5.74, 6) is -0.267. The van der Waals surface area contributed by atoms with Crippen molar-refractivity contribution in [2.24, 2.45) is 0 Å². The molecule has 0 bridgehead atoms. The van der Waals surface area contributed by atoms with Crippen molar-refractivity contribution in [2.75, 3.05) is 11.9 Å². The average molecular weight is 374 g/mol. The Morgan fingerprint density at radius 1 is 1.40 bits per heavy atom. The van der Waals surface area contributed by atoms with Crippen molar-refractivity contribution in [3.63, 3.8) is 0 Å². The first kappa shape index (κ1) is 17.5. The van der Waals surface area contributed by atoms with Gasteiger partial charge in [-0.3, -0.25) is 9.59 Å². The predicted molar refractivity (Wildman–Crippen MR) is 97.6 cm³/mol. The Morgan fingerprint density at radius 2 is 2.24 bits per heavy atom. The van der Waals surface area contributed by atoms with Crippen molar-refractivity contribution in [1.82, 2.24) is 4.90 Å². The second kappa shape index (κ2) is 7.68. The molecule has 1 saturated heterocycles. The van der Waals surface area contributed by atoms with Crippen LogP contribution in [-0.2, 0) is 16.0 Å². The van der Waals surface area contributed by atoms with Crippen LogP contribution in [0, 0.1) is 11.3 Å². The van der Waals surface area contributed by atoms with E-state index >= 15 is 0 Å². The van der Waals surface area contributed by atoms with Crippen molar-refractivity contribution >= 4 is 40.4 Å². The Labute approximate surface area is 154 Å². The lowest BCUT2D eigenvalue weighted by molar-refractivity contribution is -0.136. The molecule has 2 amide bonds. The molecule has 0 spiro atoms. The van der Waals surface area contributed by atoms with Crippen LogP contribution in [0.15, 0.2) is 35.7 Å². The summed E-state index contributed by atoms with van der Waals surface area (Å²) in [6, 6.07) is 10.1. The van der Waals surface area contributed by atoms with Crippen LogP contribution in [0.5, 0.6) is 0 Å². The molecule has 1 unspecified atom stereocenters. The molecular weight excluding hydrogens is 358 g/mol. The SMILES string of the molecule is N#Cc1cc(NC(=O)C2CCCN2C(=O)Cc2cccs2)ccc1Cl. The summed E-state index contributed by atoms with van der Waals surface area (Å²) in [6.07, 6.45) is 1.76. The highest BCUT2D eigenvalue weighted by atomic mass is 35.5. The van der Waals surface area contributed by atoms with E-state index in [1.54, 1.807) is 17.0 Å². The lowest BCUT2D eigenvalue weighted by Crippen LogP contribution is -2.43. The van der Waals surface area contributed by atoms with Crippen LogP contribution in [-0.4, -0.2) is 29.3 Å². The van der Waals surface area contributed by atoms with Crippen molar-refractivity contribution < 1.29 is 9.59 Å². The molecule has 1 atom stereocenters. The van der Waals surface area contributed by atoms with Gasteiger partial charge in [0, 0.05) is 17.1 Å². The van der Waals surface area contributed by atoms with E-state index in [2.05, 4.69) is 5.32 Å². The van der Waals surface area contributed by atoms with Gasteiger partial charge in [0.15, 0.2) is 0 Å². The summed E-state index contributed by atoms with van der Waals surface area (Å²) in [6.45, 7) is 0.590. The van der Waals surface area contributed by atoms with E-state index in [0.29, 0.717) is 35.7 Å². The standard InChI is InChI=1S/C18H16ClN3O2S/c19-15-6-5-13(9-12(15)11-20)21-18(24)16-4-1-7-22(16)17(23)10-14-3-2-8-25-14/h2-3,5-6,8-9,16H,1,4,7,10H2,(H,21,24). The molecule has 1 N–H and O–H groups in total. The van der Waals surface area contributed by atoms with Gasteiger partial charge < -0.3 is 10.2 Å². The van der Waals surface area contributed by atoms with Gasteiger partial charge in [-0.2, -0.15) is 5.26 Å². The molecule has 2 aromatic rings. The monoisotopic (exact) mass is 373 g/mol. The van der Waals surface area contributed by atoms with Crippen molar-refractivity contribution in [1.29, 1.82) is 5.26 Å². The number of likely N-dealkylation sites (tertiary alicyclic amines) is 1. The van der Waals surface area contributed by atoms with Gasteiger partial charge in [-0.05, 0) is 42.5 Å². The number of hydrogen-bond donors (Lipinski definition) is 1. The Kier molecular flexibility index (Phi) is 5.37. The average Bonchev–Trinajstić information content (AvgIpc) is 3.27. The van der Waals surface area contributed by atoms with Gasteiger partial charge in [0.05, 0.1) is 17.0 Å². The second-order valence-corrected chi connectivity index (χ2v) is 7.24. The largest absolute Gasteiger partial charge is 0.330 e. The topological polar surface area (TPSA) is 73.2 Å². The first-order valence-corrected chi connectivity index (χ1v) is 9.16. The molecule has 5 nitrogen and oxygen atoms in total. The number of nitrogens with one attached hydrogen (secondary N) is 1. The minimum Gasteiger partial charge on any atom is -0.330 e. The molecule has 0 aliphatic carbocycles. The third-order valence-corrected chi connectivity index (χ3v) is 5.34. The lowest BCUT2D eigenvalue weighted by atomic mass is 10.1. The van der Waals surface area contributed by atoms with Crippen LogP contribution < -0.4 is 5.32 Å². The summed E-state index contributed by atoms with van der Waals surface area (Å²) < 4.78 is 0. The molecule has 1 aliphatic rings. The normalized spacial score (nSPS) is 16.5. The maximum Gasteiger partial charge on any atom is 0.247 e. The molecule has 128 valence electrons. The molecule has 1 aromatic heterocycles. The molecule has 3 rings (SSSR count). The van der Waals surface area contributed by atoms with Crippen LogP contribution in [0.4, 0.5) is 5.69 Å². The number of carbonyl (C=O) groups excluding carboxylic acids is 2. The number of nitrogens with zero attached hydrogens (tertiary/aromatic N) is 2. The van der Waals surface area contributed by atoms with Gasteiger partial charge in [-0.15, -0.1) is 11.3 Å². The number of benzene rings is 1. The number of amides is 2. The summed E-state index contributed by atoms with van der Waals surface area (Å²) in [7, 11) is 0. The molecule has 7 heteroatoms. The fraction of sp³-hybridized carbons (Fsp3) is 0.278. The van der Waals surface area contributed by atoms with Gasteiger partial charge in [0.25, 0.3) is 0 Å². The van der Waals surface area contributed by atoms with Gasteiger partial charge in [0.1, 0.15) is 12.1 Å². The second-order valence-electron chi connectivity index (χ2n) is 5.80. The fourth-order valence-corrected chi connectivity index (χ4v) is 3.77. The zero-order valence-electron chi connectivity index (χ0n) is 13.4. The van der Waals surface area contributed by atoms with Crippen LogP contribution in [0.2, 0.25) is 5.02 Å². The summed E-state index contributed by atoms with van der Waals surface area (Å²) in [4.78, 5) is 27.8. The first-order chi connectivity index (χ1) is 12.1. The lowest BCUT2D eigenvalue weighted by Gasteiger charge is -2.24. The van der Waals surface area contributed by atoms with Crippen LogP contribution in [0.25, 0.3) is 0 Å². The zero-order chi connectivity index (χ0) is 17.8. The molecule has 2 heterocycles. The van der Waals surface area contributed by atoms with Crippen molar-refractivity contribution in [3.8, 4) is 6.07 Å². The van der Waals surface area contributed by atoms with E-state index in [9.17, 15) is 9.59 Å². The maximum absolute atomic E-state index is 12.6. The van der Waals surface area contributed by atoms with E-state index < -0.39 is 6.04 Å². The summed E-state index contributed by atoms with van der Waals surface area (Å²) in [5.41, 5.74) is 0.806. The van der Waals surface area contributed by atoms with Gasteiger partial charge in [-0.1, -0.05) is 17.7 Å². The summed E-state index contributed by atoms with van der Waals surface area (Å²) >= 11 is 7.44. The maximum atomic E-state index is 12.6. The highest BCUT2D eigenvalue weighted by Gasteiger charge is 2.34. The van der Waals surface area contributed by atoms with Crippen LogP contribution >= 0.6 is 22.9 Å². The Hall–Kier alpha value is -2.36. The van der Waals surface area contributed by atoms with Crippen LogP contribution in [0.1, 0.15) is 23.3 Å². The third kappa shape index (κ3) is 4.01. The molecular formula is C18H16ClN3O2S. The van der Waals surface area contributed by atoms with E-state index in [1.165, 1.54) is 17.4 Å². The minimum atomic E-state index is -0.478. The Balaban J connectivity index is 1.68. The predicted octanol–water partition coefficient (Wildman–Crippen LogP) is 3.45. The molecule has 1 aliphatic heterocycles. The Morgan fingerprint density at radius 3 is 2.96 bits per heavy atom. The van der Waals surface area contributed by atoms with Crippen molar-refractivity contribution in [2.45, 2.75) is 25.3 Å². The number of halogens is 1.